The summed E-state index contributed by atoms with van der Waals surface area (Å²) >= 11 is 5.97. The van der Waals surface area contributed by atoms with Crippen molar-refractivity contribution in [1.82, 2.24) is 0 Å². The van der Waals surface area contributed by atoms with Gasteiger partial charge >= 0.3 is 0 Å². The van der Waals surface area contributed by atoms with E-state index in [1.54, 1.807) is 6.07 Å². The molecule has 0 bridgehead atoms. The summed E-state index contributed by atoms with van der Waals surface area (Å²) in [6, 6.07) is 17.5. The normalized spacial score (nSPS) is 11.6. The number of hydrogen-bond donors (Lipinski definition) is 1. The molecule has 90 valence electrons. The second kappa shape index (κ2) is 5.57. The number of nitriles is 1. The van der Waals surface area contributed by atoms with Crippen LogP contribution in [0.3, 0.4) is 0 Å². The molecular formula is C15H13ClN2. The van der Waals surface area contributed by atoms with Crippen molar-refractivity contribution in [2.45, 2.75) is 13.0 Å². The molecule has 0 aliphatic heterocycles. The molecule has 1 N–H and O–H groups in total. The van der Waals surface area contributed by atoms with Gasteiger partial charge in [0.2, 0.25) is 0 Å². The van der Waals surface area contributed by atoms with Crippen molar-refractivity contribution in [3.63, 3.8) is 0 Å². The van der Waals surface area contributed by atoms with Crippen LogP contribution < -0.4 is 5.32 Å². The smallest absolute Gasteiger partial charge is 0.0992 e. The van der Waals surface area contributed by atoms with Gasteiger partial charge in [-0.25, -0.2) is 0 Å². The van der Waals surface area contributed by atoms with E-state index in [1.165, 1.54) is 0 Å². The van der Waals surface area contributed by atoms with Crippen molar-refractivity contribution >= 4 is 17.3 Å². The Morgan fingerprint density at radius 2 is 1.94 bits per heavy atom. The predicted octanol–water partition coefficient (Wildman–Crippen LogP) is 4.38. The first-order valence-corrected chi connectivity index (χ1v) is 6.09. The quantitative estimate of drug-likeness (QED) is 0.884. The molecule has 0 aliphatic rings. The molecule has 1 unspecified atom stereocenters. The second-order valence-electron chi connectivity index (χ2n) is 4.11. The van der Waals surface area contributed by atoms with E-state index in [2.05, 4.69) is 18.3 Å². The summed E-state index contributed by atoms with van der Waals surface area (Å²) in [6.45, 7) is 2.06. The maximum atomic E-state index is 8.85. The number of benzene rings is 2. The molecule has 0 spiro atoms. The molecule has 3 heteroatoms. The maximum Gasteiger partial charge on any atom is 0.0992 e. The summed E-state index contributed by atoms with van der Waals surface area (Å²) < 4.78 is 0. The molecule has 0 saturated carbocycles. The fourth-order valence-electron chi connectivity index (χ4n) is 1.79. The second-order valence-corrected chi connectivity index (χ2v) is 4.55. The summed E-state index contributed by atoms with van der Waals surface area (Å²) in [5, 5.41) is 12.9. The Balaban J connectivity index is 2.16. The molecule has 18 heavy (non-hydrogen) atoms. The van der Waals surface area contributed by atoms with Gasteiger partial charge in [0.15, 0.2) is 0 Å². The van der Waals surface area contributed by atoms with E-state index in [0.29, 0.717) is 5.56 Å². The number of rotatable bonds is 3. The first-order chi connectivity index (χ1) is 8.69. The highest BCUT2D eigenvalue weighted by Gasteiger charge is 2.05. The first-order valence-electron chi connectivity index (χ1n) is 5.71. The summed E-state index contributed by atoms with van der Waals surface area (Å²) in [7, 11) is 0. The van der Waals surface area contributed by atoms with Gasteiger partial charge in [0.05, 0.1) is 11.6 Å². The van der Waals surface area contributed by atoms with Crippen LogP contribution >= 0.6 is 11.6 Å². The Labute approximate surface area is 112 Å². The highest BCUT2D eigenvalue weighted by atomic mass is 35.5. The molecule has 0 heterocycles. The van der Waals surface area contributed by atoms with Gasteiger partial charge in [-0.1, -0.05) is 29.8 Å². The largest absolute Gasteiger partial charge is 0.378 e. The van der Waals surface area contributed by atoms with Gasteiger partial charge in [-0.3, -0.25) is 0 Å². The molecule has 2 rings (SSSR count). The van der Waals surface area contributed by atoms with E-state index in [1.807, 2.05) is 42.5 Å². The van der Waals surface area contributed by atoms with E-state index in [9.17, 15) is 0 Å². The van der Waals surface area contributed by atoms with Crippen molar-refractivity contribution in [3.05, 3.63) is 64.7 Å². The topological polar surface area (TPSA) is 35.8 Å². The monoisotopic (exact) mass is 256 g/mol. The summed E-state index contributed by atoms with van der Waals surface area (Å²) in [4.78, 5) is 0. The lowest BCUT2D eigenvalue weighted by molar-refractivity contribution is 0.885. The van der Waals surface area contributed by atoms with Gasteiger partial charge in [-0.15, -0.1) is 0 Å². The fourth-order valence-corrected chi connectivity index (χ4v) is 1.99. The van der Waals surface area contributed by atoms with E-state index in [-0.39, 0.29) is 6.04 Å². The predicted molar refractivity (Wildman–Crippen MR) is 74.6 cm³/mol. The Morgan fingerprint density at radius 3 is 2.67 bits per heavy atom. The number of hydrogen-bond acceptors (Lipinski definition) is 2. The van der Waals surface area contributed by atoms with Crippen LogP contribution in [0.5, 0.6) is 0 Å². The molecule has 2 nitrogen and oxygen atoms in total. The molecular weight excluding hydrogens is 244 g/mol. The van der Waals surface area contributed by atoms with Crippen molar-refractivity contribution in [1.29, 1.82) is 5.26 Å². The number of nitrogens with one attached hydrogen (secondary N) is 1. The highest BCUT2D eigenvalue weighted by molar-refractivity contribution is 6.30. The fraction of sp³-hybridized carbons (Fsp3) is 0.133. The van der Waals surface area contributed by atoms with Crippen molar-refractivity contribution < 1.29 is 0 Å². The van der Waals surface area contributed by atoms with Crippen molar-refractivity contribution in [2.24, 2.45) is 0 Å². The van der Waals surface area contributed by atoms with Crippen LogP contribution in [0, 0.1) is 11.3 Å². The van der Waals surface area contributed by atoms with Crippen molar-refractivity contribution in [3.8, 4) is 6.07 Å². The summed E-state index contributed by atoms with van der Waals surface area (Å²) in [6.07, 6.45) is 0. The zero-order valence-corrected chi connectivity index (χ0v) is 10.8. The number of nitrogens with zero attached hydrogens (tertiary/aromatic N) is 1. The van der Waals surface area contributed by atoms with Crippen LogP contribution in [0.2, 0.25) is 5.02 Å². The van der Waals surface area contributed by atoms with Gasteiger partial charge < -0.3 is 5.32 Å². The van der Waals surface area contributed by atoms with Crippen LogP contribution in [-0.2, 0) is 0 Å². The van der Waals surface area contributed by atoms with E-state index in [4.69, 9.17) is 16.9 Å². The molecule has 0 aromatic heterocycles. The maximum absolute atomic E-state index is 8.85. The number of halogens is 1. The summed E-state index contributed by atoms with van der Waals surface area (Å²) in [5.41, 5.74) is 2.70. The van der Waals surface area contributed by atoms with Gasteiger partial charge in [0.1, 0.15) is 0 Å². The molecule has 1 atom stereocenters. The molecule has 2 aromatic carbocycles. The Hall–Kier alpha value is -1.98. The molecule has 0 radical (unpaired) electrons. The zero-order chi connectivity index (χ0) is 13.0. The Kier molecular flexibility index (Phi) is 3.86. The molecule has 2 aromatic rings. The van der Waals surface area contributed by atoms with E-state index in [0.717, 1.165) is 16.3 Å². The van der Waals surface area contributed by atoms with Crippen LogP contribution in [0.15, 0.2) is 48.5 Å². The molecule has 0 amide bonds. The Morgan fingerprint density at radius 1 is 1.17 bits per heavy atom. The highest BCUT2D eigenvalue weighted by Crippen LogP contribution is 2.22. The van der Waals surface area contributed by atoms with Crippen LogP contribution in [0.4, 0.5) is 5.69 Å². The van der Waals surface area contributed by atoms with E-state index >= 15 is 0 Å². The lowest BCUT2D eigenvalue weighted by Crippen LogP contribution is -2.06. The average Bonchev–Trinajstić information content (AvgIpc) is 2.39. The SMILES string of the molecule is CC(Nc1cccc(C#N)c1)c1cccc(Cl)c1. The zero-order valence-electron chi connectivity index (χ0n) is 10.0. The third-order valence-electron chi connectivity index (χ3n) is 2.72. The van der Waals surface area contributed by atoms with Gasteiger partial charge in [0, 0.05) is 16.8 Å². The van der Waals surface area contributed by atoms with Crippen molar-refractivity contribution in [2.75, 3.05) is 5.32 Å². The number of anilines is 1. The Bertz CT molecular complexity index is 587. The summed E-state index contributed by atoms with van der Waals surface area (Å²) in [5.74, 6) is 0. The van der Waals surface area contributed by atoms with Gasteiger partial charge in [-0.05, 0) is 42.8 Å². The standard InChI is InChI=1S/C15H13ClN2/c1-11(13-5-3-6-14(16)9-13)18-15-7-2-4-12(8-15)10-17/h2-9,11,18H,1H3. The third kappa shape index (κ3) is 3.03. The average molecular weight is 257 g/mol. The molecule has 0 saturated heterocycles. The molecule has 0 aliphatic carbocycles. The first kappa shape index (κ1) is 12.5. The third-order valence-corrected chi connectivity index (χ3v) is 2.96. The minimum Gasteiger partial charge on any atom is -0.378 e. The van der Waals surface area contributed by atoms with E-state index < -0.39 is 0 Å². The lowest BCUT2D eigenvalue weighted by Gasteiger charge is -2.16. The minimum atomic E-state index is 0.137. The van der Waals surface area contributed by atoms with Crippen LogP contribution in [0.25, 0.3) is 0 Å². The van der Waals surface area contributed by atoms with Crippen LogP contribution in [-0.4, -0.2) is 0 Å². The van der Waals surface area contributed by atoms with Gasteiger partial charge in [-0.2, -0.15) is 5.26 Å². The van der Waals surface area contributed by atoms with Crippen LogP contribution in [0.1, 0.15) is 24.1 Å². The minimum absolute atomic E-state index is 0.137. The molecule has 0 fully saturated rings. The lowest BCUT2D eigenvalue weighted by atomic mass is 10.1. The van der Waals surface area contributed by atoms with Gasteiger partial charge in [0.25, 0.3) is 0 Å².